The van der Waals surface area contributed by atoms with E-state index >= 15 is 0 Å². The number of benzene rings is 3. The fourth-order valence-electron chi connectivity index (χ4n) is 6.26. The highest BCUT2D eigenvalue weighted by molar-refractivity contribution is 5.95. The number of carbonyl (C=O) groups excluding carboxylic acids is 2. The maximum absolute atomic E-state index is 13.8. The van der Waals surface area contributed by atoms with Crippen molar-refractivity contribution in [1.82, 2.24) is 15.5 Å². The minimum Gasteiger partial charge on any atom is -0.479 e. The molecule has 0 bridgehead atoms. The number of nitrogens with one attached hydrogen (secondary N) is 2. The third-order valence-electron chi connectivity index (χ3n) is 8.50. The standard InChI is InChI=1S/C32H33N3O6/c36-28(33-32(29(37)38)15-17-40-21-32)31(14-16-35(20-31)18-22-8-2-1-3-9-22)34-30(39)41-19-27-25-12-6-4-10-23(25)24-11-5-7-13-26(24)27/h1-13,27H,14-21H2,(H,33,36)(H,34,39)(H,37,38). The van der Waals surface area contributed by atoms with E-state index < -0.39 is 29.0 Å². The Morgan fingerprint density at radius 2 is 1.54 bits per heavy atom. The summed E-state index contributed by atoms with van der Waals surface area (Å²) < 4.78 is 11.1. The van der Waals surface area contributed by atoms with E-state index in [1.165, 1.54) is 0 Å². The zero-order valence-corrected chi connectivity index (χ0v) is 22.7. The number of aliphatic carboxylic acids is 1. The van der Waals surface area contributed by atoms with Crippen molar-refractivity contribution in [2.45, 2.75) is 36.4 Å². The number of alkyl carbamates (subject to hydrolysis) is 1. The lowest BCUT2D eigenvalue weighted by atomic mass is 9.92. The molecule has 1 aliphatic carbocycles. The van der Waals surface area contributed by atoms with Crippen LogP contribution in [0, 0.1) is 0 Å². The van der Waals surface area contributed by atoms with Gasteiger partial charge in [0.25, 0.3) is 0 Å². The first-order chi connectivity index (χ1) is 19.9. The second kappa shape index (κ2) is 11.0. The van der Waals surface area contributed by atoms with E-state index in [1.54, 1.807) is 0 Å². The Hall–Kier alpha value is -4.21. The minimum atomic E-state index is -1.53. The monoisotopic (exact) mass is 555 g/mol. The first-order valence-electron chi connectivity index (χ1n) is 13.9. The number of fused-ring (bicyclic) bond motifs is 3. The Kier molecular flexibility index (Phi) is 7.23. The van der Waals surface area contributed by atoms with E-state index in [9.17, 15) is 19.5 Å². The van der Waals surface area contributed by atoms with Crippen LogP contribution < -0.4 is 10.6 Å². The van der Waals surface area contributed by atoms with Crippen LogP contribution in [0.25, 0.3) is 11.1 Å². The van der Waals surface area contributed by atoms with E-state index in [4.69, 9.17) is 9.47 Å². The van der Waals surface area contributed by atoms with Gasteiger partial charge in [0.1, 0.15) is 12.1 Å². The van der Waals surface area contributed by atoms with Gasteiger partial charge in [-0.2, -0.15) is 0 Å². The predicted octanol–water partition coefficient (Wildman–Crippen LogP) is 3.53. The maximum atomic E-state index is 13.8. The number of likely N-dealkylation sites (tertiary alicyclic amines) is 1. The van der Waals surface area contributed by atoms with Gasteiger partial charge in [0.15, 0.2) is 5.54 Å². The molecule has 0 saturated carbocycles. The molecule has 9 nitrogen and oxygen atoms in total. The van der Waals surface area contributed by atoms with E-state index in [-0.39, 0.29) is 38.7 Å². The molecular weight excluding hydrogens is 522 g/mol. The molecule has 2 atom stereocenters. The lowest BCUT2D eigenvalue weighted by Gasteiger charge is -2.33. The lowest BCUT2D eigenvalue weighted by Crippen LogP contribution is -2.66. The van der Waals surface area contributed by atoms with Crippen molar-refractivity contribution in [2.75, 3.05) is 32.9 Å². The molecule has 2 amide bonds. The highest BCUT2D eigenvalue weighted by Crippen LogP contribution is 2.44. The zero-order chi connectivity index (χ0) is 28.5. The van der Waals surface area contributed by atoms with Crippen LogP contribution in [0.1, 0.15) is 35.4 Å². The molecule has 212 valence electrons. The molecule has 0 radical (unpaired) electrons. The molecule has 2 fully saturated rings. The van der Waals surface area contributed by atoms with Crippen LogP contribution in [0.4, 0.5) is 4.79 Å². The molecule has 3 N–H and O–H groups in total. The molecule has 2 saturated heterocycles. The number of amides is 2. The van der Waals surface area contributed by atoms with Crippen LogP contribution in [-0.4, -0.2) is 72.0 Å². The van der Waals surface area contributed by atoms with E-state index in [1.807, 2.05) is 66.7 Å². The maximum Gasteiger partial charge on any atom is 0.408 e. The minimum absolute atomic E-state index is 0.109. The second-order valence-corrected chi connectivity index (χ2v) is 11.1. The van der Waals surface area contributed by atoms with Crippen molar-refractivity contribution in [2.24, 2.45) is 0 Å². The summed E-state index contributed by atoms with van der Waals surface area (Å²) in [5.41, 5.74) is 2.62. The van der Waals surface area contributed by atoms with Crippen LogP contribution in [0.5, 0.6) is 0 Å². The third kappa shape index (κ3) is 5.18. The molecule has 3 aromatic rings. The van der Waals surface area contributed by atoms with Gasteiger partial charge in [-0.05, 0) is 34.2 Å². The summed E-state index contributed by atoms with van der Waals surface area (Å²) in [4.78, 5) is 41.4. The molecule has 3 aromatic carbocycles. The highest BCUT2D eigenvalue weighted by Gasteiger charge is 2.52. The topological polar surface area (TPSA) is 117 Å². The number of carbonyl (C=O) groups is 3. The van der Waals surface area contributed by atoms with Gasteiger partial charge in [-0.25, -0.2) is 9.59 Å². The van der Waals surface area contributed by atoms with Crippen LogP contribution in [0.15, 0.2) is 78.9 Å². The van der Waals surface area contributed by atoms with Crippen molar-refractivity contribution < 1.29 is 29.0 Å². The summed E-state index contributed by atoms with van der Waals surface area (Å²) in [6, 6.07) is 26.0. The van der Waals surface area contributed by atoms with Gasteiger partial charge in [0, 0.05) is 38.6 Å². The summed E-state index contributed by atoms with van der Waals surface area (Å²) in [6.45, 7) is 1.58. The van der Waals surface area contributed by atoms with Gasteiger partial charge in [-0.1, -0.05) is 78.9 Å². The zero-order valence-electron chi connectivity index (χ0n) is 22.7. The molecule has 0 spiro atoms. The first kappa shape index (κ1) is 27.0. The molecule has 2 heterocycles. The molecule has 0 aromatic heterocycles. The van der Waals surface area contributed by atoms with Crippen molar-refractivity contribution in [1.29, 1.82) is 0 Å². The summed E-state index contributed by atoms with van der Waals surface area (Å²) in [7, 11) is 0. The van der Waals surface area contributed by atoms with Crippen LogP contribution in [0.3, 0.4) is 0 Å². The van der Waals surface area contributed by atoms with Gasteiger partial charge in [-0.3, -0.25) is 9.69 Å². The number of carboxylic acid groups (broad SMARTS) is 1. The Labute approximate surface area is 238 Å². The van der Waals surface area contributed by atoms with Crippen LogP contribution in [0.2, 0.25) is 0 Å². The Balaban J connectivity index is 1.20. The van der Waals surface area contributed by atoms with Gasteiger partial charge in [-0.15, -0.1) is 0 Å². The highest BCUT2D eigenvalue weighted by atomic mass is 16.5. The van der Waals surface area contributed by atoms with Gasteiger partial charge in [0.2, 0.25) is 5.91 Å². The number of ether oxygens (including phenoxy) is 2. The van der Waals surface area contributed by atoms with Crippen LogP contribution >= 0.6 is 0 Å². The van der Waals surface area contributed by atoms with E-state index in [2.05, 4.69) is 27.7 Å². The fourth-order valence-corrected chi connectivity index (χ4v) is 6.26. The number of nitrogens with zero attached hydrogens (tertiary/aromatic N) is 1. The molecule has 2 aliphatic heterocycles. The van der Waals surface area contributed by atoms with Crippen LogP contribution in [-0.2, 0) is 25.6 Å². The Morgan fingerprint density at radius 3 is 2.17 bits per heavy atom. The molecule has 41 heavy (non-hydrogen) atoms. The predicted molar refractivity (Wildman–Crippen MR) is 151 cm³/mol. The van der Waals surface area contributed by atoms with Crippen molar-refractivity contribution in [3.8, 4) is 11.1 Å². The third-order valence-corrected chi connectivity index (χ3v) is 8.50. The summed E-state index contributed by atoms with van der Waals surface area (Å²) in [5.74, 6) is -1.82. The largest absolute Gasteiger partial charge is 0.479 e. The molecule has 3 aliphatic rings. The summed E-state index contributed by atoms with van der Waals surface area (Å²) in [5, 5.41) is 15.5. The molecule has 2 unspecified atom stereocenters. The van der Waals surface area contributed by atoms with Crippen molar-refractivity contribution in [3.63, 3.8) is 0 Å². The van der Waals surface area contributed by atoms with E-state index in [0.29, 0.717) is 19.5 Å². The average molecular weight is 556 g/mol. The smallest absolute Gasteiger partial charge is 0.408 e. The summed E-state index contributed by atoms with van der Waals surface area (Å²) in [6.07, 6.45) is -0.245. The molecule has 6 rings (SSSR count). The quantitative estimate of drug-likeness (QED) is 0.389. The van der Waals surface area contributed by atoms with Gasteiger partial charge < -0.3 is 25.2 Å². The lowest BCUT2D eigenvalue weighted by molar-refractivity contribution is -0.148. The number of carboxylic acids is 1. The van der Waals surface area contributed by atoms with Gasteiger partial charge >= 0.3 is 12.1 Å². The summed E-state index contributed by atoms with van der Waals surface area (Å²) >= 11 is 0. The SMILES string of the molecule is O=C(NC1(C(=O)NC2(C(=O)O)CCOC2)CCN(Cc2ccccc2)C1)OCC1c2ccccc2-c2ccccc21. The van der Waals surface area contributed by atoms with E-state index in [0.717, 1.165) is 27.8 Å². The fraction of sp³-hybridized carbons (Fsp3) is 0.344. The number of hydrogen-bond donors (Lipinski definition) is 3. The molecular formula is C32H33N3O6. The number of rotatable bonds is 8. The van der Waals surface area contributed by atoms with Crippen molar-refractivity contribution >= 4 is 18.0 Å². The number of hydrogen-bond acceptors (Lipinski definition) is 6. The Morgan fingerprint density at radius 1 is 0.878 bits per heavy atom. The first-order valence-corrected chi connectivity index (χ1v) is 13.9. The second-order valence-electron chi connectivity index (χ2n) is 11.1. The average Bonchev–Trinajstić information content (AvgIpc) is 3.70. The van der Waals surface area contributed by atoms with Gasteiger partial charge in [0.05, 0.1) is 6.61 Å². The Bertz CT molecular complexity index is 1410. The molecule has 9 heteroatoms. The van der Waals surface area contributed by atoms with Crippen molar-refractivity contribution in [3.05, 3.63) is 95.6 Å². The normalized spacial score (nSPS) is 23.5.